The summed E-state index contributed by atoms with van der Waals surface area (Å²) < 4.78 is 0. The van der Waals surface area contributed by atoms with Crippen LogP contribution in [0.3, 0.4) is 0 Å². The summed E-state index contributed by atoms with van der Waals surface area (Å²) in [7, 11) is 2.14. The van der Waals surface area contributed by atoms with E-state index in [0.29, 0.717) is 10.0 Å². The van der Waals surface area contributed by atoms with Crippen LogP contribution in [0.5, 0.6) is 0 Å². The van der Waals surface area contributed by atoms with E-state index in [9.17, 15) is 0 Å². The number of likely N-dealkylation sites (N-methyl/N-ethyl adjacent to an activating group) is 1. The molecule has 3 nitrogen and oxygen atoms in total. The van der Waals surface area contributed by atoms with Crippen molar-refractivity contribution in [3.05, 3.63) is 33.8 Å². The predicted octanol–water partition coefficient (Wildman–Crippen LogP) is 3.17. The Hall–Kier alpha value is 0.260. The van der Waals surface area contributed by atoms with Crippen LogP contribution in [0.1, 0.15) is 5.56 Å². The fraction of sp³-hybridized carbons (Fsp3) is 0.571. The first-order valence-corrected chi connectivity index (χ1v) is 7.46. The monoisotopic (exact) mass is 373 g/mol. The van der Waals surface area contributed by atoms with Crippen LogP contribution in [0.2, 0.25) is 10.0 Å². The third-order valence-corrected chi connectivity index (χ3v) is 4.18. The lowest BCUT2D eigenvalue weighted by Crippen LogP contribution is -2.45. The summed E-state index contributed by atoms with van der Waals surface area (Å²) >= 11 is 12.0. The molecule has 0 saturated carbocycles. The van der Waals surface area contributed by atoms with Gasteiger partial charge in [0.15, 0.2) is 0 Å². The molecule has 1 N–H and O–H groups in total. The fourth-order valence-corrected chi connectivity index (χ4v) is 2.60. The minimum Gasteiger partial charge on any atom is -0.314 e. The third kappa shape index (κ3) is 7.38. The molecule has 1 aromatic carbocycles. The Morgan fingerprint density at radius 1 is 1.14 bits per heavy atom. The molecule has 0 aliphatic carbocycles. The molecule has 21 heavy (non-hydrogen) atoms. The summed E-state index contributed by atoms with van der Waals surface area (Å²) in [6.07, 6.45) is 0. The van der Waals surface area contributed by atoms with Crippen LogP contribution < -0.4 is 5.32 Å². The molecular weight excluding hydrogens is 352 g/mol. The van der Waals surface area contributed by atoms with Crippen LogP contribution >= 0.6 is 48.0 Å². The van der Waals surface area contributed by atoms with Crippen molar-refractivity contribution in [2.75, 3.05) is 46.3 Å². The van der Waals surface area contributed by atoms with Gasteiger partial charge in [-0.3, -0.25) is 4.90 Å². The van der Waals surface area contributed by atoms with E-state index in [-0.39, 0.29) is 24.8 Å². The molecule has 122 valence electrons. The van der Waals surface area contributed by atoms with E-state index in [2.05, 4.69) is 22.2 Å². The summed E-state index contributed by atoms with van der Waals surface area (Å²) in [4.78, 5) is 4.82. The van der Waals surface area contributed by atoms with Crippen molar-refractivity contribution in [2.24, 2.45) is 0 Å². The number of nitrogens with zero attached hydrogens (tertiary/aromatic N) is 2. The number of hydrogen-bond donors (Lipinski definition) is 1. The number of piperazine rings is 1. The molecular formula is C14H23Cl4N3. The molecule has 0 amide bonds. The highest BCUT2D eigenvalue weighted by Crippen LogP contribution is 2.23. The van der Waals surface area contributed by atoms with Crippen LogP contribution in [-0.4, -0.2) is 56.1 Å². The van der Waals surface area contributed by atoms with E-state index in [1.54, 1.807) is 0 Å². The van der Waals surface area contributed by atoms with Gasteiger partial charge in [0, 0.05) is 45.8 Å². The highest BCUT2D eigenvalue weighted by atomic mass is 35.5. The van der Waals surface area contributed by atoms with E-state index in [0.717, 1.165) is 45.8 Å². The molecule has 0 unspecified atom stereocenters. The van der Waals surface area contributed by atoms with E-state index in [4.69, 9.17) is 23.2 Å². The zero-order chi connectivity index (χ0) is 13.7. The molecule has 0 atom stereocenters. The normalized spacial score (nSPS) is 15.4. The minimum atomic E-state index is 0. The maximum atomic E-state index is 6.03. The van der Waals surface area contributed by atoms with E-state index in [1.165, 1.54) is 5.56 Å². The topological polar surface area (TPSA) is 18.5 Å². The lowest BCUT2D eigenvalue weighted by molar-refractivity contribution is 0.202. The Balaban J connectivity index is 0.00000200. The highest BCUT2D eigenvalue weighted by Gasteiger charge is 2.10. The summed E-state index contributed by atoms with van der Waals surface area (Å²) in [6, 6.07) is 5.85. The van der Waals surface area contributed by atoms with Crippen LogP contribution in [-0.2, 0) is 6.54 Å². The Bertz CT molecular complexity index is 411. The van der Waals surface area contributed by atoms with Gasteiger partial charge in [0.05, 0.1) is 10.0 Å². The first-order valence-electron chi connectivity index (χ1n) is 6.71. The largest absolute Gasteiger partial charge is 0.314 e. The van der Waals surface area contributed by atoms with Gasteiger partial charge in [-0.25, -0.2) is 0 Å². The molecule has 0 spiro atoms. The second-order valence-corrected chi connectivity index (χ2v) is 5.89. The minimum absolute atomic E-state index is 0. The molecule has 0 aromatic heterocycles. The van der Waals surface area contributed by atoms with Crippen LogP contribution in [0.15, 0.2) is 18.2 Å². The van der Waals surface area contributed by atoms with Crippen molar-refractivity contribution < 1.29 is 0 Å². The molecule has 7 heteroatoms. The van der Waals surface area contributed by atoms with Gasteiger partial charge in [0.2, 0.25) is 0 Å². The predicted molar refractivity (Wildman–Crippen MR) is 96.6 cm³/mol. The second-order valence-electron chi connectivity index (χ2n) is 5.08. The van der Waals surface area contributed by atoms with E-state index in [1.807, 2.05) is 18.2 Å². The number of hydrogen-bond acceptors (Lipinski definition) is 3. The average molecular weight is 375 g/mol. The molecule has 1 saturated heterocycles. The van der Waals surface area contributed by atoms with Gasteiger partial charge in [-0.15, -0.1) is 24.8 Å². The molecule has 1 fully saturated rings. The van der Waals surface area contributed by atoms with Crippen LogP contribution in [0, 0.1) is 0 Å². The van der Waals surface area contributed by atoms with Crippen molar-refractivity contribution in [3.8, 4) is 0 Å². The Labute approximate surface area is 149 Å². The maximum absolute atomic E-state index is 6.03. The van der Waals surface area contributed by atoms with E-state index >= 15 is 0 Å². The number of nitrogens with one attached hydrogen (secondary N) is 1. The Morgan fingerprint density at radius 2 is 1.81 bits per heavy atom. The molecule has 0 radical (unpaired) electrons. The lowest BCUT2D eigenvalue weighted by atomic mass is 10.2. The molecule has 2 rings (SSSR count). The molecule has 1 aliphatic rings. The SMILES string of the molecule is CN(CCN1CCNCC1)Cc1ccc(Cl)c(Cl)c1.Cl.Cl. The molecule has 1 aromatic rings. The van der Waals surface area contributed by atoms with Gasteiger partial charge < -0.3 is 10.2 Å². The fourth-order valence-electron chi connectivity index (χ4n) is 2.28. The van der Waals surface area contributed by atoms with Crippen LogP contribution in [0.4, 0.5) is 0 Å². The first kappa shape index (κ1) is 21.3. The van der Waals surface area contributed by atoms with Crippen LogP contribution in [0.25, 0.3) is 0 Å². The average Bonchev–Trinajstić information content (AvgIpc) is 2.42. The summed E-state index contributed by atoms with van der Waals surface area (Å²) in [5.74, 6) is 0. The Kier molecular flexibility index (Phi) is 11.0. The molecule has 0 bridgehead atoms. The number of rotatable bonds is 5. The smallest absolute Gasteiger partial charge is 0.0595 e. The molecule has 1 heterocycles. The number of benzene rings is 1. The van der Waals surface area contributed by atoms with Gasteiger partial charge in [0.1, 0.15) is 0 Å². The van der Waals surface area contributed by atoms with E-state index < -0.39 is 0 Å². The van der Waals surface area contributed by atoms with Gasteiger partial charge in [-0.1, -0.05) is 29.3 Å². The zero-order valence-electron chi connectivity index (χ0n) is 12.1. The van der Waals surface area contributed by atoms with Gasteiger partial charge in [-0.05, 0) is 24.7 Å². The Morgan fingerprint density at radius 3 is 2.43 bits per heavy atom. The quantitative estimate of drug-likeness (QED) is 0.853. The standard InChI is InChI=1S/C14H21Cl2N3.2ClH/c1-18(8-9-19-6-4-17-5-7-19)11-12-2-3-13(15)14(16)10-12;;/h2-3,10,17H,4-9,11H2,1H3;2*1H. The van der Waals surface area contributed by atoms with Crippen molar-refractivity contribution in [2.45, 2.75) is 6.54 Å². The van der Waals surface area contributed by atoms with Gasteiger partial charge >= 0.3 is 0 Å². The third-order valence-electron chi connectivity index (χ3n) is 3.44. The first-order chi connectivity index (χ1) is 9.15. The highest BCUT2D eigenvalue weighted by molar-refractivity contribution is 6.42. The van der Waals surface area contributed by atoms with Gasteiger partial charge in [0.25, 0.3) is 0 Å². The maximum Gasteiger partial charge on any atom is 0.0595 e. The zero-order valence-corrected chi connectivity index (χ0v) is 15.3. The molecule has 1 aliphatic heterocycles. The lowest BCUT2D eigenvalue weighted by Gasteiger charge is -2.29. The second kappa shape index (κ2) is 10.9. The van der Waals surface area contributed by atoms with Crippen molar-refractivity contribution in [3.63, 3.8) is 0 Å². The van der Waals surface area contributed by atoms with Crippen molar-refractivity contribution >= 4 is 48.0 Å². The van der Waals surface area contributed by atoms with Crippen molar-refractivity contribution in [1.29, 1.82) is 0 Å². The summed E-state index contributed by atoms with van der Waals surface area (Å²) in [6.45, 7) is 7.62. The number of halogens is 4. The van der Waals surface area contributed by atoms with Gasteiger partial charge in [-0.2, -0.15) is 0 Å². The van der Waals surface area contributed by atoms with Crippen molar-refractivity contribution in [1.82, 2.24) is 15.1 Å². The summed E-state index contributed by atoms with van der Waals surface area (Å²) in [5, 5.41) is 4.62. The summed E-state index contributed by atoms with van der Waals surface area (Å²) in [5.41, 5.74) is 1.21.